The molecule has 2 aromatic carbocycles. The van der Waals surface area contributed by atoms with E-state index in [0.717, 1.165) is 0 Å². The van der Waals surface area contributed by atoms with Crippen LogP contribution in [0.1, 0.15) is 16.8 Å². The van der Waals surface area contributed by atoms with Crippen LogP contribution >= 0.6 is 0 Å². The molecule has 6 nitrogen and oxygen atoms in total. The normalized spacial score (nSPS) is 16.4. The van der Waals surface area contributed by atoms with E-state index in [-0.39, 0.29) is 18.5 Å². The van der Waals surface area contributed by atoms with Crippen molar-refractivity contribution in [2.45, 2.75) is 12.5 Å². The van der Waals surface area contributed by atoms with Gasteiger partial charge in [0.05, 0.1) is 19.2 Å². The second-order valence-electron chi connectivity index (χ2n) is 5.97. The molecule has 0 aromatic heterocycles. The number of carbonyl (C=O) groups is 2. The molecule has 1 aliphatic rings. The molecule has 1 heterocycles. The molecule has 136 valence electrons. The predicted molar refractivity (Wildman–Crippen MR) is 91.8 cm³/mol. The summed E-state index contributed by atoms with van der Waals surface area (Å²) in [6, 6.07) is 10.7. The summed E-state index contributed by atoms with van der Waals surface area (Å²) in [6.07, 6.45) is -0.682. The molecule has 7 heteroatoms. The van der Waals surface area contributed by atoms with Crippen molar-refractivity contribution in [3.63, 3.8) is 0 Å². The smallest absolute Gasteiger partial charge is 0.407 e. The summed E-state index contributed by atoms with van der Waals surface area (Å²) in [6.45, 7) is 0.684. The fraction of sp³-hybridized carbons (Fsp3) is 0.263. The molecule has 0 aliphatic carbocycles. The van der Waals surface area contributed by atoms with Crippen molar-refractivity contribution in [2.75, 3.05) is 20.2 Å². The number of likely N-dealkylation sites (tertiary alicyclic amines) is 1. The number of rotatable bonds is 4. The van der Waals surface area contributed by atoms with Crippen molar-refractivity contribution in [3.8, 4) is 16.9 Å². The van der Waals surface area contributed by atoms with Gasteiger partial charge in [-0.2, -0.15) is 0 Å². The topological polar surface area (TPSA) is 76.1 Å². The highest BCUT2D eigenvalue weighted by molar-refractivity contribution is 5.92. The monoisotopic (exact) mass is 359 g/mol. The van der Waals surface area contributed by atoms with Gasteiger partial charge in [0.2, 0.25) is 0 Å². The molecule has 3 rings (SSSR count). The summed E-state index contributed by atoms with van der Waals surface area (Å²) < 4.78 is 24.0. The summed E-state index contributed by atoms with van der Waals surface area (Å²) >= 11 is 0. The highest BCUT2D eigenvalue weighted by Crippen LogP contribution is 2.33. The van der Waals surface area contributed by atoms with Gasteiger partial charge in [0.25, 0.3) is 0 Å². The number of halogens is 1. The first-order valence-corrected chi connectivity index (χ1v) is 8.10. The van der Waals surface area contributed by atoms with E-state index in [0.29, 0.717) is 35.4 Å². The SMILES string of the molecule is COC(=O)c1ccc(OC2CCN(C(=O)O)C2)c(-c2ccc(F)cc2)c1. The molecule has 0 saturated carbocycles. The minimum absolute atomic E-state index is 0.275. The van der Waals surface area contributed by atoms with Crippen LogP contribution in [0, 0.1) is 5.82 Å². The van der Waals surface area contributed by atoms with Crippen LogP contribution in [0.25, 0.3) is 11.1 Å². The van der Waals surface area contributed by atoms with E-state index in [1.165, 1.54) is 24.1 Å². The van der Waals surface area contributed by atoms with Crippen molar-refractivity contribution >= 4 is 12.1 Å². The molecule has 0 spiro atoms. The Hall–Kier alpha value is -3.09. The quantitative estimate of drug-likeness (QED) is 0.847. The number of nitrogens with zero attached hydrogens (tertiary/aromatic N) is 1. The Kier molecular flexibility index (Phi) is 5.06. The summed E-state index contributed by atoms with van der Waals surface area (Å²) in [4.78, 5) is 24.2. The van der Waals surface area contributed by atoms with E-state index in [4.69, 9.17) is 14.6 Å². The van der Waals surface area contributed by atoms with E-state index in [1.54, 1.807) is 30.3 Å². The van der Waals surface area contributed by atoms with Gasteiger partial charge >= 0.3 is 12.1 Å². The van der Waals surface area contributed by atoms with Crippen molar-refractivity contribution < 1.29 is 28.6 Å². The van der Waals surface area contributed by atoms with E-state index in [9.17, 15) is 14.0 Å². The molecular weight excluding hydrogens is 341 g/mol. The molecule has 0 bridgehead atoms. The largest absolute Gasteiger partial charge is 0.488 e. The van der Waals surface area contributed by atoms with Crippen LogP contribution in [0.15, 0.2) is 42.5 Å². The number of amides is 1. The lowest BCUT2D eigenvalue weighted by molar-refractivity contribution is 0.0600. The van der Waals surface area contributed by atoms with E-state index in [2.05, 4.69) is 0 Å². The van der Waals surface area contributed by atoms with Gasteiger partial charge in [-0.05, 0) is 35.9 Å². The number of esters is 1. The standard InChI is InChI=1S/C19H18FNO5/c1-25-18(22)13-4-7-17(26-15-8-9-21(11-15)19(23)24)16(10-13)12-2-5-14(20)6-3-12/h2-7,10,15H,8-9,11H2,1H3,(H,23,24). The maximum atomic E-state index is 13.2. The number of hydrogen-bond acceptors (Lipinski definition) is 4. The molecular formula is C19H18FNO5. The first-order chi connectivity index (χ1) is 12.5. The lowest BCUT2D eigenvalue weighted by Gasteiger charge is -2.18. The zero-order valence-corrected chi connectivity index (χ0v) is 14.1. The Morgan fingerprint density at radius 3 is 2.54 bits per heavy atom. The number of carbonyl (C=O) groups excluding carboxylic acids is 1. The Morgan fingerprint density at radius 1 is 1.19 bits per heavy atom. The lowest BCUT2D eigenvalue weighted by atomic mass is 10.0. The fourth-order valence-electron chi connectivity index (χ4n) is 2.91. The third kappa shape index (κ3) is 3.77. The minimum Gasteiger partial charge on any atom is -0.488 e. The Labute approximate surface area is 149 Å². The van der Waals surface area contributed by atoms with Crippen molar-refractivity contribution in [2.24, 2.45) is 0 Å². The summed E-state index contributed by atoms with van der Waals surface area (Å²) in [5.41, 5.74) is 1.64. The average molecular weight is 359 g/mol. The molecule has 2 aromatic rings. The van der Waals surface area contributed by atoms with E-state index < -0.39 is 12.1 Å². The van der Waals surface area contributed by atoms with Gasteiger partial charge in [-0.15, -0.1) is 0 Å². The van der Waals surface area contributed by atoms with E-state index >= 15 is 0 Å². The summed E-state index contributed by atoms with van der Waals surface area (Å²) in [7, 11) is 1.29. The molecule has 1 N–H and O–H groups in total. The number of carboxylic acid groups (broad SMARTS) is 1. The molecule has 0 radical (unpaired) electrons. The molecule has 1 fully saturated rings. The molecule has 1 amide bonds. The van der Waals surface area contributed by atoms with Crippen LogP contribution in [0.4, 0.5) is 9.18 Å². The Bertz CT molecular complexity index is 821. The number of ether oxygens (including phenoxy) is 2. The summed E-state index contributed by atoms with van der Waals surface area (Å²) in [5.74, 6) is -0.354. The first-order valence-electron chi connectivity index (χ1n) is 8.10. The van der Waals surface area contributed by atoms with Crippen LogP contribution in [-0.4, -0.2) is 48.4 Å². The van der Waals surface area contributed by atoms with Crippen molar-refractivity contribution in [3.05, 3.63) is 53.8 Å². The maximum Gasteiger partial charge on any atom is 0.407 e. The first kappa shape index (κ1) is 17.7. The van der Waals surface area contributed by atoms with Crippen LogP contribution in [-0.2, 0) is 4.74 Å². The molecule has 1 saturated heterocycles. The van der Waals surface area contributed by atoms with Gasteiger partial charge in [0.15, 0.2) is 0 Å². The highest BCUT2D eigenvalue weighted by atomic mass is 19.1. The second-order valence-corrected chi connectivity index (χ2v) is 5.97. The molecule has 1 aliphatic heterocycles. The summed E-state index contributed by atoms with van der Waals surface area (Å²) in [5, 5.41) is 9.06. The zero-order chi connectivity index (χ0) is 18.7. The molecule has 26 heavy (non-hydrogen) atoms. The van der Waals surface area contributed by atoms with Gasteiger partial charge in [0.1, 0.15) is 17.7 Å². The van der Waals surface area contributed by atoms with Crippen LogP contribution in [0.3, 0.4) is 0 Å². The zero-order valence-electron chi connectivity index (χ0n) is 14.1. The minimum atomic E-state index is -0.976. The molecule has 1 atom stereocenters. The van der Waals surface area contributed by atoms with Gasteiger partial charge in [-0.25, -0.2) is 14.0 Å². The van der Waals surface area contributed by atoms with Crippen molar-refractivity contribution in [1.29, 1.82) is 0 Å². The fourth-order valence-corrected chi connectivity index (χ4v) is 2.91. The average Bonchev–Trinajstić information content (AvgIpc) is 3.11. The predicted octanol–water partition coefficient (Wildman–Crippen LogP) is 3.41. The second kappa shape index (κ2) is 7.43. The lowest BCUT2D eigenvalue weighted by Crippen LogP contribution is -2.29. The number of hydrogen-bond donors (Lipinski definition) is 1. The number of benzene rings is 2. The van der Waals surface area contributed by atoms with Gasteiger partial charge in [0, 0.05) is 18.5 Å². The maximum absolute atomic E-state index is 13.2. The van der Waals surface area contributed by atoms with Crippen molar-refractivity contribution in [1.82, 2.24) is 4.90 Å². The third-order valence-electron chi connectivity index (χ3n) is 4.27. The van der Waals surface area contributed by atoms with Gasteiger partial charge < -0.3 is 19.5 Å². The Balaban J connectivity index is 1.92. The number of methoxy groups -OCH3 is 1. The van der Waals surface area contributed by atoms with Gasteiger partial charge in [-0.3, -0.25) is 0 Å². The Morgan fingerprint density at radius 2 is 1.92 bits per heavy atom. The molecule has 1 unspecified atom stereocenters. The van der Waals surface area contributed by atoms with Crippen LogP contribution < -0.4 is 4.74 Å². The highest BCUT2D eigenvalue weighted by Gasteiger charge is 2.28. The van der Waals surface area contributed by atoms with E-state index in [1.807, 2.05) is 0 Å². The van der Waals surface area contributed by atoms with Crippen LogP contribution in [0.2, 0.25) is 0 Å². The third-order valence-corrected chi connectivity index (χ3v) is 4.27. The van der Waals surface area contributed by atoms with Crippen LogP contribution in [0.5, 0.6) is 5.75 Å². The van der Waals surface area contributed by atoms with Gasteiger partial charge in [-0.1, -0.05) is 12.1 Å².